The molecule has 0 amide bonds. The second-order valence-corrected chi connectivity index (χ2v) is 23.8. The number of hydrogen-bond donors (Lipinski definition) is 0. The molecule has 0 spiro atoms. The standard InChI is InChI=1S/C77H134O6/c1-4-7-10-13-16-19-22-25-27-29-31-33-35-36-37-38-39-40-41-43-44-46-48-50-52-55-58-61-64-67-70-76(79)82-73-74(72-81-75(78)69-66-63-60-57-54-24-21-18-15-12-9-6-3)83-77(80)71-68-65-62-59-56-53-51-49-47-45-42-34-32-30-28-26-23-20-17-14-11-8-5-2/h8,11,17-18,20-21,26,28,32,34,45,47,51,53,59,62,74H,4-7,9-10,12-16,19,22-25,27,29-31,33,35-44,46,48-50,52,54-58,60-61,63-73H2,1-3H3/b11-8-,20-17-,21-18-,28-26-,34-32-,47-45-,53-51-,62-59-. The smallest absolute Gasteiger partial charge is 0.306 e. The van der Waals surface area contributed by atoms with Crippen LogP contribution in [-0.2, 0) is 28.6 Å². The molecule has 1 atom stereocenters. The Morgan fingerprint density at radius 2 is 0.482 bits per heavy atom. The maximum atomic E-state index is 12.9. The molecular weight excluding hydrogens is 1020 g/mol. The lowest BCUT2D eigenvalue weighted by Gasteiger charge is -2.18. The van der Waals surface area contributed by atoms with Crippen molar-refractivity contribution in [3.8, 4) is 0 Å². The first-order valence-corrected chi connectivity index (χ1v) is 35.7. The van der Waals surface area contributed by atoms with E-state index >= 15 is 0 Å². The van der Waals surface area contributed by atoms with Crippen LogP contribution in [-0.4, -0.2) is 37.2 Å². The van der Waals surface area contributed by atoms with E-state index in [9.17, 15) is 14.4 Å². The Morgan fingerprint density at radius 3 is 0.807 bits per heavy atom. The monoisotopic (exact) mass is 1160 g/mol. The summed E-state index contributed by atoms with van der Waals surface area (Å²) < 4.78 is 16.9. The average molecular weight is 1160 g/mol. The maximum absolute atomic E-state index is 12.9. The molecule has 0 aliphatic carbocycles. The topological polar surface area (TPSA) is 78.9 Å². The van der Waals surface area contributed by atoms with Crippen molar-refractivity contribution in [2.45, 2.75) is 361 Å². The second-order valence-electron chi connectivity index (χ2n) is 23.8. The van der Waals surface area contributed by atoms with Crippen molar-refractivity contribution in [2.75, 3.05) is 13.2 Å². The van der Waals surface area contributed by atoms with E-state index in [1.54, 1.807) is 0 Å². The van der Waals surface area contributed by atoms with Gasteiger partial charge in [0.05, 0.1) is 0 Å². The van der Waals surface area contributed by atoms with Crippen LogP contribution in [0.25, 0.3) is 0 Å². The molecule has 0 aromatic carbocycles. The molecule has 1 unspecified atom stereocenters. The van der Waals surface area contributed by atoms with Gasteiger partial charge in [-0.2, -0.15) is 0 Å². The molecule has 0 bridgehead atoms. The molecule has 0 saturated carbocycles. The lowest BCUT2D eigenvalue weighted by Crippen LogP contribution is -2.30. The second kappa shape index (κ2) is 70.8. The van der Waals surface area contributed by atoms with Gasteiger partial charge in [-0.3, -0.25) is 14.4 Å². The highest BCUT2D eigenvalue weighted by atomic mass is 16.6. The van der Waals surface area contributed by atoms with Crippen LogP contribution in [0, 0.1) is 0 Å². The number of unbranched alkanes of at least 4 members (excludes halogenated alkanes) is 38. The number of ether oxygens (including phenoxy) is 3. The highest BCUT2D eigenvalue weighted by Gasteiger charge is 2.19. The number of allylic oxidation sites excluding steroid dienone is 16. The first-order chi connectivity index (χ1) is 41.0. The molecule has 0 heterocycles. The average Bonchev–Trinajstić information content (AvgIpc) is 3.49. The summed E-state index contributed by atoms with van der Waals surface area (Å²) in [6.45, 7) is 6.49. The van der Waals surface area contributed by atoms with Gasteiger partial charge in [0.1, 0.15) is 13.2 Å². The quantitative estimate of drug-likeness (QED) is 0.0261. The fraction of sp³-hybridized carbons (Fsp3) is 0.753. The van der Waals surface area contributed by atoms with E-state index in [-0.39, 0.29) is 37.5 Å². The zero-order valence-corrected chi connectivity index (χ0v) is 54.9. The first kappa shape index (κ1) is 79.3. The zero-order chi connectivity index (χ0) is 59.9. The van der Waals surface area contributed by atoms with Crippen LogP contribution in [0.4, 0.5) is 0 Å². The Balaban J connectivity index is 4.27. The van der Waals surface area contributed by atoms with Crippen molar-refractivity contribution in [3.05, 3.63) is 97.2 Å². The number of esters is 3. The summed E-state index contributed by atoms with van der Waals surface area (Å²) in [7, 11) is 0. The van der Waals surface area contributed by atoms with Crippen molar-refractivity contribution in [1.82, 2.24) is 0 Å². The van der Waals surface area contributed by atoms with E-state index < -0.39 is 6.10 Å². The fourth-order valence-corrected chi connectivity index (χ4v) is 10.3. The van der Waals surface area contributed by atoms with Gasteiger partial charge in [-0.25, -0.2) is 0 Å². The molecule has 0 aliphatic rings. The maximum Gasteiger partial charge on any atom is 0.306 e. The van der Waals surface area contributed by atoms with Gasteiger partial charge in [-0.15, -0.1) is 0 Å². The van der Waals surface area contributed by atoms with Crippen LogP contribution in [0.2, 0.25) is 0 Å². The predicted octanol–water partition coefficient (Wildman–Crippen LogP) is 24.8. The minimum atomic E-state index is -0.813. The lowest BCUT2D eigenvalue weighted by molar-refractivity contribution is -0.167. The largest absolute Gasteiger partial charge is 0.462 e. The Morgan fingerprint density at radius 1 is 0.253 bits per heavy atom. The third-order valence-corrected chi connectivity index (χ3v) is 15.6. The van der Waals surface area contributed by atoms with E-state index in [1.165, 1.54) is 205 Å². The van der Waals surface area contributed by atoms with Crippen molar-refractivity contribution in [3.63, 3.8) is 0 Å². The minimum Gasteiger partial charge on any atom is -0.462 e. The minimum absolute atomic E-state index is 0.101. The van der Waals surface area contributed by atoms with Crippen LogP contribution in [0.3, 0.4) is 0 Å². The van der Waals surface area contributed by atoms with E-state index in [2.05, 4.69) is 118 Å². The third kappa shape index (κ3) is 69.0. The van der Waals surface area contributed by atoms with Gasteiger partial charge in [0.2, 0.25) is 0 Å². The van der Waals surface area contributed by atoms with E-state index in [4.69, 9.17) is 14.2 Å². The number of carbonyl (C=O) groups excluding carboxylic acids is 3. The molecule has 0 aromatic rings. The van der Waals surface area contributed by atoms with Gasteiger partial charge < -0.3 is 14.2 Å². The third-order valence-electron chi connectivity index (χ3n) is 15.6. The van der Waals surface area contributed by atoms with Crippen LogP contribution in [0.15, 0.2) is 97.2 Å². The summed E-state index contributed by atoms with van der Waals surface area (Å²) >= 11 is 0. The Kier molecular flexibility index (Phi) is 67.7. The molecule has 0 N–H and O–H groups in total. The van der Waals surface area contributed by atoms with Gasteiger partial charge >= 0.3 is 17.9 Å². The van der Waals surface area contributed by atoms with Crippen molar-refractivity contribution < 1.29 is 28.6 Å². The van der Waals surface area contributed by atoms with Gasteiger partial charge in [0.15, 0.2) is 6.10 Å². The molecule has 478 valence electrons. The van der Waals surface area contributed by atoms with Crippen LogP contribution in [0.5, 0.6) is 0 Å². The van der Waals surface area contributed by atoms with Crippen LogP contribution < -0.4 is 0 Å². The molecule has 0 radical (unpaired) electrons. The van der Waals surface area contributed by atoms with Gasteiger partial charge in [-0.05, 0) is 96.3 Å². The molecule has 0 aromatic heterocycles. The Labute approximate surface area is 515 Å². The van der Waals surface area contributed by atoms with E-state index in [0.29, 0.717) is 19.3 Å². The highest BCUT2D eigenvalue weighted by molar-refractivity contribution is 5.71. The summed E-state index contributed by atoms with van der Waals surface area (Å²) in [6, 6.07) is 0. The number of carbonyl (C=O) groups is 3. The molecule has 0 saturated heterocycles. The summed E-state index contributed by atoms with van der Waals surface area (Å²) in [5.74, 6) is -0.957. The lowest BCUT2D eigenvalue weighted by atomic mass is 10.0. The summed E-state index contributed by atoms with van der Waals surface area (Å²) in [5, 5.41) is 0. The highest BCUT2D eigenvalue weighted by Crippen LogP contribution is 2.18. The molecule has 83 heavy (non-hydrogen) atoms. The van der Waals surface area contributed by atoms with Crippen molar-refractivity contribution in [1.29, 1.82) is 0 Å². The predicted molar refractivity (Wildman–Crippen MR) is 362 cm³/mol. The van der Waals surface area contributed by atoms with Crippen molar-refractivity contribution in [2.24, 2.45) is 0 Å². The van der Waals surface area contributed by atoms with Gasteiger partial charge in [0.25, 0.3) is 0 Å². The molecular formula is C77H134O6. The Hall–Kier alpha value is -3.67. The summed E-state index contributed by atoms with van der Waals surface area (Å²) in [5.41, 5.74) is 0. The molecule has 6 nitrogen and oxygen atoms in total. The number of hydrogen-bond acceptors (Lipinski definition) is 6. The van der Waals surface area contributed by atoms with Gasteiger partial charge in [0, 0.05) is 19.3 Å². The summed E-state index contributed by atoms with van der Waals surface area (Å²) in [6.07, 6.45) is 96.1. The van der Waals surface area contributed by atoms with E-state index in [0.717, 1.165) is 103 Å². The van der Waals surface area contributed by atoms with E-state index in [1.807, 2.05) is 0 Å². The normalized spacial score (nSPS) is 12.7. The first-order valence-electron chi connectivity index (χ1n) is 35.7. The van der Waals surface area contributed by atoms with Crippen LogP contribution in [0.1, 0.15) is 355 Å². The van der Waals surface area contributed by atoms with Crippen molar-refractivity contribution >= 4 is 17.9 Å². The number of rotatable bonds is 65. The van der Waals surface area contributed by atoms with Crippen LogP contribution >= 0.6 is 0 Å². The molecule has 0 fully saturated rings. The molecule has 6 heteroatoms. The molecule has 0 rings (SSSR count). The zero-order valence-electron chi connectivity index (χ0n) is 54.9. The SMILES string of the molecule is CC/C=C\C/C=C\C/C=C\C/C=C\C/C=C\C/C=C\C/C=C\CCCC(=O)OC(COC(=O)CCCCCCC/C=C\CCCCC)COC(=O)CCCCCCCCCCCCCCCCCCCCCCCCCCCCCCCC. The van der Waals surface area contributed by atoms with Gasteiger partial charge in [-0.1, -0.05) is 336 Å². The Bertz CT molecular complexity index is 1610. The fourth-order valence-electron chi connectivity index (χ4n) is 10.3. The molecule has 0 aliphatic heterocycles. The summed E-state index contributed by atoms with van der Waals surface area (Å²) in [4.78, 5) is 38.4.